The second-order valence-corrected chi connectivity index (χ2v) is 7.11. The van der Waals surface area contributed by atoms with Gasteiger partial charge in [0.1, 0.15) is 0 Å². The first-order chi connectivity index (χ1) is 10.7. The van der Waals surface area contributed by atoms with E-state index in [0.717, 1.165) is 20.2 Å². The summed E-state index contributed by atoms with van der Waals surface area (Å²) >= 11 is 5.15. The van der Waals surface area contributed by atoms with E-state index in [1.54, 1.807) is 11.3 Å². The Morgan fingerprint density at radius 2 is 2.23 bits per heavy atom. The number of benzene rings is 1. The van der Waals surface area contributed by atoms with E-state index in [4.69, 9.17) is 14.5 Å². The van der Waals surface area contributed by atoms with E-state index in [2.05, 4.69) is 20.8 Å². The predicted molar refractivity (Wildman–Crippen MR) is 89.2 cm³/mol. The van der Waals surface area contributed by atoms with E-state index < -0.39 is 6.10 Å². The Kier molecular flexibility index (Phi) is 4.75. The third-order valence-corrected chi connectivity index (χ3v) is 5.19. The highest BCUT2D eigenvalue weighted by Crippen LogP contribution is 2.37. The van der Waals surface area contributed by atoms with Crippen molar-refractivity contribution in [1.29, 1.82) is 0 Å². The van der Waals surface area contributed by atoms with E-state index >= 15 is 0 Å². The average molecular weight is 383 g/mol. The van der Waals surface area contributed by atoms with E-state index in [9.17, 15) is 4.79 Å². The lowest BCUT2D eigenvalue weighted by Gasteiger charge is -2.31. The van der Waals surface area contributed by atoms with Crippen LogP contribution in [0, 0.1) is 0 Å². The summed E-state index contributed by atoms with van der Waals surface area (Å²) in [5, 5.41) is 0.878. The molecule has 1 unspecified atom stereocenters. The molecule has 0 amide bonds. The van der Waals surface area contributed by atoms with Crippen LogP contribution in [0.1, 0.15) is 0 Å². The molecule has 2 heterocycles. The van der Waals surface area contributed by atoms with Gasteiger partial charge in [-0.2, -0.15) is 0 Å². The van der Waals surface area contributed by atoms with Gasteiger partial charge in [-0.25, -0.2) is 9.78 Å². The molecule has 1 aliphatic rings. The highest BCUT2D eigenvalue weighted by molar-refractivity contribution is 9.11. The fourth-order valence-corrected chi connectivity index (χ4v) is 3.90. The SMILES string of the molecule is COC(=O)C1CN(c2nc(-c3ccccc3)c(Br)s2)CCO1. The zero-order valence-electron chi connectivity index (χ0n) is 12.0. The Hall–Kier alpha value is -1.44. The lowest BCUT2D eigenvalue weighted by Crippen LogP contribution is -2.46. The maximum absolute atomic E-state index is 11.6. The number of aromatic nitrogens is 1. The minimum atomic E-state index is -0.554. The molecule has 2 aromatic rings. The highest BCUT2D eigenvalue weighted by atomic mass is 79.9. The number of hydrogen-bond donors (Lipinski definition) is 0. The zero-order chi connectivity index (χ0) is 15.5. The molecule has 7 heteroatoms. The highest BCUT2D eigenvalue weighted by Gasteiger charge is 2.29. The van der Waals surface area contributed by atoms with Gasteiger partial charge in [-0.1, -0.05) is 41.7 Å². The summed E-state index contributed by atoms with van der Waals surface area (Å²) in [4.78, 5) is 18.4. The number of nitrogens with zero attached hydrogens (tertiary/aromatic N) is 2. The number of rotatable bonds is 3. The summed E-state index contributed by atoms with van der Waals surface area (Å²) in [5.41, 5.74) is 1.98. The molecule has 0 radical (unpaired) electrons. The van der Waals surface area contributed by atoms with Gasteiger partial charge in [-0.3, -0.25) is 0 Å². The second kappa shape index (κ2) is 6.76. The van der Waals surface area contributed by atoms with Crippen LogP contribution in [0.2, 0.25) is 0 Å². The second-order valence-electron chi connectivity index (χ2n) is 4.81. The number of carbonyl (C=O) groups excluding carboxylic acids is 1. The lowest BCUT2D eigenvalue weighted by molar-refractivity contribution is -0.154. The zero-order valence-corrected chi connectivity index (χ0v) is 14.4. The van der Waals surface area contributed by atoms with Crippen molar-refractivity contribution < 1.29 is 14.3 Å². The van der Waals surface area contributed by atoms with Crippen LogP contribution in [0.15, 0.2) is 34.1 Å². The van der Waals surface area contributed by atoms with Crippen molar-refractivity contribution in [3.63, 3.8) is 0 Å². The Morgan fingerprint density at radius 3 is 2.95 bits per heavy atom. The van der Waals surface area contributed by atoms with Crippen molar-refractivity contribution >= 4 is 38.4 Å². The molecule has 22 heavy (non-hydrogen) atoms. The molecule has 0 bridgehead atoms. The van der Waals surface area contributed by atoms with Crippen molar-refractivity contribution in [3.05, 3.63) is 34.1 Å². The molecule has 1 aromatic heterocycles. The smallest absolute Gasteiger partial charge is 0.336 e. The Labute approximate surface area is 141 Å². The van der Waals surface area contributed by atoms with Gasteiger partial charge in [0.2, 0.25) is 0 Å². The molecule has 5 nitrogen and oxygen atoms in total. The van der Waals surface area contributed by atoms with Gasteiger partial charge in [0.25, 0.3) is 0 Å². The predicted octanol–water partition coefficient (Wildman–Crippen LogP) is 2.95. The molecule has 116 valence electrons. The van der Waals surface area contributed by atoms with E-state index in [0.29, 0.717) is 19.7 Å². The monoisotopic (exact) mass is 382 g/mol. The van der Waals surface area contributed by atoms with Gasteiger partial charge < -0.3 is 14.4 Å². The lowest BCUT2D eigenvalue weighted by atomic mass is 10.2. The first-order valence-electron chi connectivity index (χ1n) is 6.85. The summed E-state index contributed by atoms with van der Waals surface area (Å²) in [5.74, 6) is -0.344. The maximum atomic E-state index is 11.6. The van der Waals surface area contributed by atoms with Gasteiger partial charge in [-0.05, 0) is 15.9 Å². The maximum Gasteiger partial charge on any atom is 0.336 e. The number of ether oxygens (including phenoxy) is 2. The van der Waals surface area contributed by atoms with E-state index in [-0.39, 0.29) is 5.97 Å². The number of anilines is 1. The minimum absolute atomic E-state index is 0.344. The Balaban J connectivity index is 1.82. The molecule has 3 rings (SSSR count). The van der Waals surface area contributed by atoms with Crippen LogP contribution >= 0.6 is 27.3 Å². The van der Waals surface area contributed by atoms with Gasteiger partial charge in [-0.15, -0.1) is 0 Å². The summed E-state index contributed by atoms with van der Waals surface area (Å²) < 4.78 is 11.2. The number of morpholine rings is 1. The largest absolute Gasteiger partial charge is 0.467 e. The number of carbonyl (C=O) groups is 1. The number of methoxy groups -OCH3 is 1. The normalized spacial score (nSPS) is 18.3. The van der Waals surface area contributed by atoms with Crippen LogP contribution in [0.3, 0.4) is 0 Å². The average Bonchev–Trinajstić information content (AvgIpc) is 2.97. The summed E-state index contributed by atoms with van der Waals surface area (Å²) in [6.45, 7) is 1.65. The molecular formula is C15H15BrN2O3S. The topological polar surface area (TPSA) is 51.7 Å². The Morgan fingerprint density at radius 1 is 1.45 bits per heavy atom. The van der Waals surface area contributed by atoms with Crippen molar-refractivity contribution in [2.45, 2.75) is 6.10 Å². The fourth-order valence-electron chi connectivity index (χ4n) is 2.30. The molecule has 0 spiro atoms. The molecule has 0 N–H and O–H groups in total. The van der Waals surface area contributed by atoms with Gasteiger partial charge >= 0.3 is 5.97 Å². The first-order valence-corrected chi connectivity index (χ1v) is 8.46. The van der Waals surface area contributed by atoms with Gasteiger partial charge in [0.15, 0.2) is 11.2 Å². The first kappa shape index (κ1) is 15.5. The van der Waals surface area contributed by atoms with Crippen molar-refractivity contribution in [2.75, 3.05) is 31.7 Å². The summed E-state index contributed by atoms with van der Waals surface area (Å²) in [6, 6.07) is 10.0. The number of halogens is 1. The minimum Gasteiger partial charge on any atom is -0.467 e. The molecular weight excluding hydrogens is 368 g/mol. The van der Waals surface area contributed by atoms with Gasteiger partial charge in [0.05, 0.1) is 29.7 Å². The van der Waals surface area contributed by atoms with Crippen molar-refractivity contribution in [3.8, 4) is 11.3 Å². The summed E-state index contributed by atoms with van der Waals surface area (Å²) in [7, 11) is 1.37. The number of esters is 1. The van der Waals surface area contributed by atoms with Crippen LogP contribution < -0.4 is 4.90 Å². The molecule has 1 aromatic carbocycles. The molecule has 1 fully saturated rings. The van der Waals surface area contributed by atoms with E-state index in [1.807, 2.05) is 30.3 Å². The fraction of sp³-hybridized carbons (Fsp3) is 0.333. The molecule has 1 aliphatic heterocycles. The Bertz CT molecular complexity index is 662. The van der Waals surface area contributed by atoms with Crippen LogP contribution in [0.5, 0.6) is 0 Å². The molecule has 1 saturated heterocycles. The quantitative estimate of drug-likeness (QED) is 0.763. The van der Waals surface area contributed by atoms with E-state index in [1.165, 1.54) is 7.11 Å². The van der Waals surface area contributed by atoms with Crippen LogP contribution in [-0.2, 0) is 14.3 Å². The van der Waals surface area contributed by atoms with Crippen LogP contribution in [0.25, 0.3) is 11.3 Å². The van der Waals surface area contributed by atoms with Crippen molar-refractivity contribution in [1.82, 2.24) is 4.98 Å². The number of hydrogen-bond acceptors (Lipinski definition) is 6. The standard InChI is InChI=1S/C15H15BrN2O3S/c1-20-14(19)11-9-18(7-8-21-11)15-17-12(13(16)22-15)10-5-3-2-4-6-10/h2-6,11H,7-9H2,1H3. The molecule has 0 aliphatic carbocycles. The van der Waals surface area contributed by atoms with Crippen LogP contribution in [0.4, 0.5) is 5.13 Å². The van der Waals surface area contributed by atoms with Crippen LogP contribution in [-0.4, -0.2) is 43.9 Å². The summed E-state index contributed by atoms with van der Waals surface area (Å²) in [6.07, 6.45) is -0.554. The molecule has 1 atom stereocenters. The molecule has 0 saturated carbocycles. The van der Waals surface area contributed by atoms with Crippen molar-refractivity contribution in [2.24, 2.45) is 0 Å². The van der Waals surface area contributed by atoms with Gasteiger partial charge in [0, 0.05) is 12.1 Å². The third kappa shape index (κ3) is 3.16. The third-order valence-electron chi connectivity index (χ3n) is 3.42. The number of thiazole rings is 1.